The van der Waals surface area contributed by atoms with Gasteiger partial charge in [-0.15, -0.1) is 0 Å². The molecule has 0 fully saturated rings. The Bertz CT molecular complexity index is 512. The number of benzene rings is 2. The minimum atomic E-state index is 0.219. The Balaban J connectivity index is 2.13. The van der Waals surface area contributed by atoms with E-state index in [1.807, 2.05) is 0 Å². The van der Waals surface area contributed by atoms with E-state index >= 15 is 0 Å². The molecule has 0 unspecified atom stereocenters. The summed E-state index contributed by atoms with van der Waals surface area (Å²) in [6.45, 7) is 4.51. The van der Waals surface area contributed by atoms with Crippen molar-refractivity contribution in [2.24, 2.45) is 0 Å². The van der Waals surface area contributed by atoms with E-state index in [0.717, 1.165) is 12.8 Å². The van der Waals surface area contributed by atoms with E-state index in [-0.39, 0.29) is 6.61 Å². The van der Waals surface area contributed by atoms with Gasteiger partial charge in [0.25, 0.3) is 0 Å². The van der Waals surface area contributed by atoms with Gasteiger partial charge in [-0.3, -0.25) is 0 Å². The molecular weight excluding hydrogens is 220 g/mol. The largest absolute Gasteiger partial charge is 0.396 e. The maximum atomic E-state index is 8.89. The van der Waals surface area contributed by atoms with Crippen molar-refractivity contribution >= 4 is 0 Å². The van der Waals surface area contributed by atoms with Crippen LogP contribution in [0, 0.1) is 13.8 Å². The van der Waals surface area contributed by atoms with Crippen molar-refractivity contribution < 1.29 is 5.11 Å². The van der Waals surface area contributed by atoms with Crippen molar-refractivity contribution in [1.82, 2.24) is 0 Å². The molecule has 0 aliphatic rings. The maximum absolute atomic E-state index is 8.89. The van der Waals surface area contributed by atoms with E-state index in [2.05, 4.69) is 56.3 Å². The molecule has 94 valence electrons. The highest BCUT2D eigenvalue weighted by molar-refractivity contribution is 5.35. The fraction of sp³-hybridized carbons (Fsp3) is 0.294. The van der Waals surface area contributed by atoms with E-state index in [4.69, 9.17) is 5.11 Å². The molecule has 0 amide bonds. The van der Waals surface area contributed by atoms with Gasteiger partial charge in [-0.1, -0.05) is 48.0 Å². The number of aliphatic hydroxyl groups is 1. The number of rotatable bonds is 4. The van der Waals surface area contributed by atoms with Crippen LogP contribution in [-0.4, -0.2) is 11.7 Å². The molecule has 0 radical (unpaired) electrons. The second-order valence-corrected chi connectivity index (χ2v) is 4.90. The SMILES string of the molecule is Cc1ccc(Cc2ccc(CCO)cc2)c(C)c1. The topological polar surface area (TPSA) is 20.2 Å². The Morgan fingerprint density at radius 3 is 2.17 bits per heavy atom. The second-order valence-electron chi connectivity index (χ2n) is 4.90. The first-order chi connectivity index (χ1) is 8.69. The molecule has 0 aliphatic heterocycles. The molecular formula is C17H20O. The molecule has 0 saturated carbocycles. The van der Waals surface area contributed by atoms with Crippen molar-refractivity contribution in [2.75, 3.05) is 6.61 Å². The molecule has 1 N–H and O–H groups in total. The van der Waals surface area contributed by atoms with Gasteiger partial charge in [-0.2, -0.15) is 0 Å². The summed E-state index contributed by atoms with van der Waals surface area (Å²) in [6, 6.07) is 15.1. The quantitative estimate of drug-likeness (QED) is 0.868. The molecule has 0 heterocycles. The molecule has 0 aliphatic carbocycles. The normalized spacial score (nSPS) is 10.6. The summed E-state index contributed by atoms with van der Waals surface area (Å²) < 4.78 is 0. The van der Waals surface area contributed by atoms with E-state index < -0.39 is 0 Å². The van der Waals surface area contributed by atoms with Crippen LogP contribution in [0.2, 0.25) is 0 Å². The predicted octanol–water partition coefficient (Wildman–Crippen LogP) is 3.43. The van der Waals surface area contributed by atoms with Crippen molar-refractivity contribution in [3.8, 4) is 0 Å². The summed E-state index contributed by atoms with van der Waals surface area (Å²) in [4.78, 5) is 0. The fourth-order valence-corrected chi connectivity index (χ4v) is 2.22. The Kier molecular flexibility index (Phi) is 4.16. The Morgan fingerprint density at radius 1 is 0.889 bits per heavy atom. The van der Waals surface area contributed by atoms with Gasteiger partial charge in [0.05, 0.1) is 0 Å². The van der Waals surface area contributed by atoms with E-state index in [9.17, 15) is 0 Å². The van der Waals surface area contributed by atoms with Gasteiger partial charge >= 0.3 is 0 Å². The molecule has 0 atom stereocenters. The maximum Gasteiger partial charge on any atom is 0.0471 e. The van der Waals surface area contributed by atoms with Crippen LogP contribution in [0.5, 0.6) is 0 Å². The fourth-order valence-electron chi connectivity index (χ4n) is 2.22. The summed E-state index contributed by atoms with van der Waals surface area (Å²) in [6.07, 6.45) is 1.72. The molecule has 0 bridgehead atoms. The lowest BCUT2D eigenvalue weighted by molar-refractivity contribution is 0.299. The molecule has 1 nitrogen and oxygen atoms in total. The highest BCUT2D eigenvalue weighted by Crippen LogP contribution is 2.16. The zero-order valence-corrected chi connectivity index (χ0v) is 11.1. The smallest absolute Gasteiger partial charge is 0.0471 e. The second kappa shape index (κ2) is 5.83. The van der Waals surface area contributed by atoms with E-state index in [0.29, 0.717) is 0 Å². The van der Waals surface area contributed by atoms with Crippen LogP contribution in [-0.2, 0) is 12.8 Å². The number of aliphatic hydroxyl groups excluding tert-OH is 1. The molecule has 2 aromatic carbocycles. The lowest BCUT2D eigenvalue weighted by Gasteiger charge is -2.08. The zero-order valence-electron chi connectivity index (χ0n) is 11.1. The average Bonchev–Trinajstić information content (AvgIpc) is 2.35. The van der Waals surface area contributed by atoms with Gasteiger partial charge in [0.2, 0.25) is 0 Å². The molecule has 0 saturated heterocycles. The Hall–Kier alpha value is -1.60. The third-order valence-corrected chi connectivity index (χ3v) is 3.32. The Labute approximate surface area is 109 Å². The molecule has 2 rings (SSSR count). The van der Waals surface area contributed by atoms with Gasteiger partial charge < -0.3 is 5.11 Å². The zero-order chi connectivity index (χ0) is 13.0. The third-order valence-electron chi connectivity index (χ3n) is 3.32. The summed E-state index contributed by atoms with van der Waals surface area (Å²) in [5.41, 5.74) is 6.57. The standard InChI is InChI=1S/C17H20O/c1-13-3-8-17(14(2)11-13)12-16-6-4-15(5-7-16)9-10-18/h3-8,11,18H,9-10,12H2,1-2H3. The molecule has 0 spiro atoms. The number of hydrogen-bond donors (Lipinski definition) is 1. The van der Waals surface area contributed by atoms with Crippen LogP contribution in [0.3, 0.4) is 0 Å². The first-order valence-corrected chi connectivity index (χ1v) is 6.44. The highest BCUT2D eigenvalue weighted by Gasteiger charge is 2.01. The molecule has 18 heavy (non-hydrogen) atoms. The van der Waals surface area contributed by atoms with Crippen molar-refractivity contribution in [2.45, 2.75) is 26.7 Å². The van der Waals surface area contributed by atoms with E-state index in [1.165, 1.54) is 27.8 Å². The Morgan fingerprint density at radius 2 is 1.56 bits per heavy atom. The van der Waals surface area contributed by atoms with Crippen LogP contribution < -0.4 is 0 Å². The van der Waals surface area contributed by atoms with Gasteiger partial charge in [0, 0.05) is 6.61 Å². The summed E-state index contributed by atoms with van der Waals surface area (Å²) in [7, 11) is 0. The van der Waals surface area contributed by atoms with Crippen LogP contribution in [0.1, 0.15) is 27.8 Å². The predicted molar refractivity (Wildman–Crippen MR) is 76.0 cm³/mol. The van der Waals surface area contributed by atoms with Gasteiger partial charge in [0.1, 0.15) is 0 Å². The highest BCUT2D eigenvalue weighted by atomic mass is 16.2. The van der Waals surface area contributed by atoms with Crippen LogP contribution in [0.25, 0.3) is 0 Å². The minimum Gasteiger partial charge on any atom is -0.396 e. The third kappa shape index (κ3) is 3.21. The lowest BCUT2D eigenvalue weighted by atomic mass is 9.98. The summed E-state index contributed by atoms with van der Waals surface area (Å²) in [5, 5.41) is 8.89. The molecule has 1 heteroatoms. The number of aryl methyl sites for hydroxylation is 2. The summed E-state index contributed by atoms with van der Waals surface area (Å²) >= 11 is 0. The van der Waals surface area contributed by atoms with Crippen LogP contribution >= 0.6 is 0 Å². The first kappa shape index (κ1) is 12.8. The van der Waals surface area contributed by atoms with E-state index in [1.54, 1.807) is 0 Å². The van der Waals surface area contributed by atoms with Gasteiger partial charge in [-0.05, 0) is 48.9 Å². The molecule has 2 aromatic rings. The van der Waals surface area contributed by atoms with Crippen molar-refractivity contribution in [3.05, 3.63) is 70.3 Å². The van der Waals surface area contributed by atoms with Crippen molar-refractivity contribution in [3.63, 3.8) is 0 Å². The lowest BCUT2D eigenvalue weighted by Crippen LogP contribution is -1.94. The average molecular weight is 240 g/mol. The minimum absolute atomic E-state index is 0.219. The first-order valence-electron chi connectivity index (χ1n) is 6.44. The van der Waals surface area contributed by atoms with Gasteiger partial charge in [-0.25, -0.2) is 0 Å². The number of hydrogen-bond acceptors (Lipinski definition) is 1. The molecule has 0 aromatic heterocycles. The van der Waals surface area contributed by atoms with Gasteiger partial charge in [0.15, 0.2) is 0 Å². The summed E-state index contributed by atoms with van der Waals surface area (Å²) in [5.74, 6) is 0. The van der Waals surface area contributed by atoms with Crippen molar-refractivity contribution in [1.29, 1.82) is 0 Å². The van der Waals surface area contributed by atoms with Crippen LogP contribution in [0.15, 0.2) is 42.5 Å². The van der Waals surface area contributed by atoms with Crippen LogP contribution in [0.4, 0.5) is 0 Å². The monoisotopic (exact) mass is 240 g/mol.